The molecule has 0 aromatic heterocycles. The molecule has 2 aromatic rings. The lowest BCUT2D eigenvalue weighted by atomic mass is 9.97. The lowest BCUT2D eigenvalue weighted by Gasteiger charge is -2.31. The normalized spacial score (nSPS) is 15.6. The number of likely N-dealkylation sites (tertiary alicyclic amines) is 1. The smallest absolute Gasteiger partial charge is 0.240 e. The second-order valence-electron chi connectivity index (χ2n) is 7.26. The molecule has 1 fully saturated rings. The van der Waals surface area contributed by atoms with Crippen molar-refractivity contribution in [1.29, 1.82) is 0 Å². The van der Waals surface area contributed by atoms with Crippen molar-refractivity contribution in [3.05, 3.63) is 58.7 Å². The fourth-order valence-electron chi connectivity index (χ4n) is 3.55. The van der Waals surface area contributed by atoms with Crippen LogP contribution in [0.4, 0.5) is 4.39 Å². The Hall–Kier alpha value is -2.65. The van der Waals surface area contributed by atoms with Gasteiger partial charge in [0.25, 0.3) is 0 Å². The van der Waals surface area contributed by atoms with Crippen LogP contribution in [-0.4, -0.2) is 51.1 Å². The summed E-state index contributed by atoms with van der Waals surface area (Å²) in [5.41, 5.74) is 8.82. The Labute approximate surface area is 175 Å². The van der Waals surface area contributed by atoms with Crippen molar-refractivity contribution in [2.24, 2.45) is 11.0 Å². The molecule has 160 valence electrons. The van der Waals surface area contributed by atoms with Crippen LogP contribution in [0.1, 0.15) is 12.8 Å². The largest absolute Gasteiger partial charge is 0.507 e. The van der Waals surface area contributed by atoms with Crippen LogP contribution in [-0.2, 0) is 10.0 Å². The van der Waals surface area contributed by atoms with Crippen molar-refractivity contribution >= 4 is 10.0 Å². The van der Waals surface area contributed by atoms with Crippen LogP contribution >= 0.6 is 0 Å². The molecule has 3 rings (SSSR count). The third-order valence-electron chi connectivity index (χ3n) is 5.27. The number of benzene rings is 2. The van der Waals surface area contributed by atoms with E-state index < -0.39 is 15.8 Å². The van der Waals surface area contributed by atoms with E-state index in [1.54, 1.807) is 12.1 Å². The highest BCUT2D eigenvalue weighted by atomic mass is 32.2. The molecule has 8 nitrogen and oxygen atoms in total. The van der Waals surface area contributed by atoms with Gasteiger partial charge < -0.3 is 10.0 Å². The van der Waals surface area contributed by atoms with Crippen LogP contribution in [0.2, 0.25) is 0 Å². The highest BCUT2D eigenvalue weighted by molar-refractivity contribution is 7.89. The SMILES string of the molecule is [N-]=[N+]=NCC1CCN(CCNS(=O)(=O)c2ccc(-c3ccccc3F)c(O)c2)CC1. The van der Waals surface area contributed by atoms with Crippen molar-refractivity contribution in [3.8, 4) is 16.9 Å². The van der Waals surface area contributed by atoms with Gasteiger partial charge in [-0.2, -0.15) is 0 Å². The van der Waals surface area contributed by atoms with E-state index in [4.69, 9.17) is 5.53 Å². The molecule has 10 heteroatoms. The number of sulfonamides is 1. The fraction of sp³-hybridized carbons (Fsp3) is 0.400. The van der Waals surface area contributed by atoms with Crippen molar-refractivity contribution in [2.75, 3.05) is 32.7 Å². The number of azide groups is 1. The summed E-state index contributed by atoms with van der Waals surface area (Å²) in [6.45, 7) is 2.95. The predicted octanol–water partition coefficient (Wildman–Crippen LogP) is 3.50. The molecule has 0 atom stereocenters. The number of rotatable bonds is 8. The quantitative estimate of drug-likeness (QED) is 0.376. The first-order chi connectivity index (χ1) is 14.4. The molecule has 0 radical (unpaired) electrons. The van der Waals surface area contributed by atoms with Gasteiger partial charge in [0.1, 0.15) is 11.6 Å². The number of nitrogens with one attached hydrogen (secondary N) is 1. The number of aromatic hydroxyl groups is 1. The van der Waals surface area contributed by atoms with Crippen LogP contribution in [0.25, 0.3) is 21.6 Å². The Morgan fingerprint density at radius 3 is 2.60 bits per heavy atom. The van der Waals surface area contributed by atoms with Gasteiger partial charge in [-0.1, -0.05) is 23.3 Å². The average Bonchev–Trinajstić information content (AvgIpc) is 2.73. The number of phenols is 1. The highest BCUT2D eigenvalue weighted by Crippen LogP contribution is 2.32. The number of hydrogen-bond donors (Lipinski definition) is 2. The van der Waals surface area contributed by atoms with E-state index in [9.17, 15) is 17.9 Å². The molecule has 1 saturated heterocycles. The molecular weight excluding hydrogens is 409 g/mol. The van der Waals surface area contributed by atoms with E-state index in [2.05, 4.69) is 19.6 Å². The molecule has 1 aliphatic rings. The number of piperidine rings is 1. The topological polar surface area (TPSA) is 118 Å². The van der Waals surface area contributed by atoms with Gasteiger partial charge in [-0.3, -0.25) is 0 Å². The zero-order valence-electron chi connectivity index (χ0n) is 16.4. The van der Waals surface area contributed by atoms with Gasteiger partial charge >= 0.3 is 0 Å². The minimum atomic E-state index is -3.80. The second kappa shape index (κ2) is 9.90. The van der Waals surface area contributed by atoms with Gasteiger partial charge in [0.15, 0.2) is 0 Å². The monoisotopic (exact) mass is 433 g/mol. The van der Waals surface area contributed by atoms with E-state index in [1.807, 2.05) is 0 Å². The summed E-state index contributed by atoms with van der Waals surface area (Å²) in [7, 11) is -3.80. The molecular formula is C20H24FN5O3S. The molecule has 0 bridgehead atoms. The van der Waals surface area contributed by atoms with E-state index in [0.29, 0.717) is 19.0 Å². The maximum Gasteiger partial charge on any atom is 0.240 e. The Balaban J connectivity index is 1.57. The van der Waals surface area contributed by atoms with Gasteiger partial charge in [0, 0.05) is 41.7 Å². The predicted molar refractivity (Wildman–Crippen MR) is 112 cm³/mol. The summed E-state index contributed by atoms with van der Waals surface area (Å²) in [5.74, 6) is -0.417. The zero-order valence-corrected chi connectivity index (χ0v) is 17.2. The summed E-state index contributed by atoms with van der Waals surface area (Å²) in [6.07, 6.45) is 1.83. The van der Waals surface area contributed by atoms with Crippen molar-refractivity contribution in [3.63, 3.8) is 0 Å². The summed E-state index contributed by atoms with van der Waals surface area (Å²) >= 11 is 0. The number of phenolic OH excluding ortho intramolecular Hbond substituents is 1. The average molecular weight is 434 g/mol. The Morgan fingerprint density at radius 2 is 1.93 bits per heavy atom. The van der Waals surface area contributed by atoms with E-state index in [1.165, 1.54) is 24.3 Å². The first kappa shape index (κ1) is 22.0. The molecule has 0 amide bonds. The number of halogens is 1. The zero-order chi connectivity index (χ0) is 21.6. The van der Waals surface area contributed by atoms with Gasteiger partial charge in [-0.05, 0) is 55.6 Å². The molecule has 2 N–H and O–H groups in total. The minimum absolute atomic E-state index is 0.0758. The highest BCUT2D eigenvalue weighted by Gasteiger charge is 2.20. The molecule has 0 spiro atoms. The Morgan fingerprint density at radius 1 is 1.20 bits per heavy atom. The van der Waals surface area contributed by atoms with Gasteiger partial charge in [0.05, 0.1) is 4.90 Å². The summed E-state index contributed by atoms with van der Waals surface area (Å²) in [5, 5.41) is 13.9. The van der Waals surface area contributed by atoms with E-state index in [0.717, 1.165) is 32.0 Å². The maximum absolute atomic E-state index is 14.0. The van der Waals surface area contributed by atoms with Crippen LogP contribution in [0.5, 0.6) is 5.75 Å². The fourth-order valence-corrected chi connectivity index (χ4v) is 4.59. The third-order valence-corrected chi connectivity index (χ3v) is 6.73. The second-order valence-corrected chi connectivity index (χ2v) is 9.02. The summed E-state index contributed by atoms with van der Waals surface area (Å²) in [6, 6.07) is 9.87. The summed E-state index contributed by atoms with van der Waals surface area (Å²) in [4.78, 5) is 4.87. The lowest BCUT2D eigenvalue weighted by molar-refractivity contribution is 0.190. The van der Waals surface area contributed by atoms with Gasteiger partial charge in [-0.25, -0.2) is 17.5 Å². The van der Waals surface area contributed by atoms with Crippen molar-refractivity contribution in [1.82, 2.24) is 9.62 Å². The first-order valence-electron chi connectivity index (χ1n) is 9.71. The third kappa shape index (κ3) is 5.48. The molecule has 0 aliphatic carbocycles. The van der Waals surface area contributed by atoms with E-state index in [-0.39, 0.29) is 28.3 Å². The molecule has 0 saturated carbocycles. The molecule has 2 aromatic carbocycles. The first-order valence-corrected chi connectivity index (χ1v) is 11.2. The van der Waals surface area contributed by atoms with Gasteiger partial charge in [0.2, 0.25) is 10.0 Å². The molecule has 0 unspecified atom stereocenters. The standard InChI is InChI=1S/C20H24FN5O3S/c21-19-4-2-1-3-17(19)18-6-5-16(13-20(18)27)30(28,29)24-9-12-26-10-7-15(8-11-26)14-23-25-22/h1-6,13,15,24,27H,7-12,14H2. The van der Waals surface area contributed by atoms with Gasteiger partial charge in [-0.15, -0.1) is 0 Å². The Kier molecular flexibility index (Phi) is 7.28. The molecule has 1 aliphatic heterocycles. The van der Waals surface area contributed by atoms with Crippen molar-refractivity contribution < 1.29 is 17.9 Å². The summed E-state index contributed by atoms with van der Waals surface area (Å²) < 4.78 is 41.6. The Bertz CT molecular complexity index is 1030. The maximum atomic E-state index is 14.0. The lowest BCUT2D eigenvalue weighted by Crippen LogP contribution is -2.40. The van der Waals surface area contributed by atoms with Crippen LogP contribution < -0.4 is 4.72 Å². The van der Waals surface area contributed by atoms with E-state index >= 15 is 0 Å². The van der Waals surface area contributed by atoms with Crippen LogP contribution in [0.3, 0.4) is 0 Å². The van der Waals surface area contributed by atoms with Crippen molar-refractivity contribution in [2.45, 2.75) is 17.7 Å². The van der Waals surface area contributed by atoms with Crippen LogP contribution in [0.15, 0.2) is 52.5 Å². The molecule has 1 heterocycles. The minimum Gasteiger partial charge on any atom is -0.507 e. The van der Waals surface area contributed by atoms with Crippen LogP contribution in [0, 0.1) is 11.7 Å². The molecule has 30 heavy (non-hydrogen) atoms. The number of hydrogen-bond acceptors (Lipinski definition) is 5. The number of nitrogens with zero attached hydrogens (tertiary/aromatic N) is 4.